The summed E-state index contributed by atoms with van der Waals surface area (Å²) in [6, 6.07) is 7.04. The normalized spacial score (nSPS) is 19.1. The number of amides is 1. The number of esters is 1. The Kier molecular flexibility index (Phi) is 6.07. The second kappa shape index (κ2) is 8.37. The van der Waals surface area contributed by atoms with Crippen molar-refractivity contribution in [3.63, 3.8) is 0 Å². The predicted octanol–water partition coefficient (Wildman–Crippen LogP) is 3.60. The highest BCUT2D eigenvalue weighted by Crippen LogP contribution is 2.42. The van der Waals surface area contributed by atoms with Crippen LogP contribution in [0.4, 0.5) is 0 Å². The molecule has 0 bridgehead atoms. The van der Waals surface area contributed by atoms with Gasteiger partial charge in [-0.2, -0.15) is 0 Å². The lowest BCUT2D eigenvalue weighted by Gasteiger charge is -2.43. The molecule has 1 aliphatic rings. The van der Waals surface area contributed by atoms with Crippen LogP contribution in [-0.4, -0.2) is 41.4 Å². The quantitative estimate of drug-likeness (QED) is 0.689. The first kappa shape index (κ1) is 21.0. The number of aromatic nitrogens is 1. The first-order valence-electron chi connectivity index (χ1n) is 9.44. The van der Waals surface area contributed by atoms with E-state index in [1.165, 1.54) is 4.90 Å². The number of likely N-dealkylation sites (N-methyl/N-ethyl adjacent to an activating group) is 1. The highest BCUT2D eigenvalue weighted by Gasteiger charge is 2.48. The van der Waals surface area contributed by atoms with E-state index in [9.17, 15) is 14.4 Å². The molecule has 29 heavy (non-hydrogen) atoms. The number of hydrogen-bond acceptors (Lipinski definition) is 6. The molecule has 0 aliphatic heterocycles. The van der Waals surface area contributed by atoms with E-state index >= 15 is 0 Å². The van der Waals surface area contributed by atoms with Crippen molar-refractivity contribution >= 4 is 29.3 Å². The zero-order valence-corrected chi connectivity index (χ0v) is 17.4. The number of Topliss-reactive ketones (excluding diaryl/α,β-unsaturated/α-hetero) is 1. The molecule has 0 spiro atoms. The smallest absolute Gasteiger partial charge is 0.344 e. The molecule has 1 heterocycles. The minimum absolute atomic E-state index is 0.0650. The Bertz CT molecular complexity index is 935. The molecular weight excluding hydrogens is 396 g/mol. The number of carbonyl (C=O) groups excluding carboxylic acids is 3. The standard InChI is InChI=1S/C21H23ClN2O5/c1-13-19(14(2)29-23-13)20(27)28-12-18(26)24(3)21(11-7-6-10-17(21)25)15-8-4-5-9-16(15)22/h4-5,8-9H,6-7,10-12H2,1-3H3/t21-/m0/s1. The molecule has 1 fully saturated rings. The van der Waals surface area contributed by atoms with Crippen molar-refractivity contribution in [2.75, 3.05) is 13.7 Å². The van der Waals surface area contributed by atoms with Crippen LogP contribution in [0.25, 0.3) is 0 Å². The van der Waals surface area contributed by atoms with Gasteiger partial charge in [0.25, 0.3) is 5.91 Å². The lowest BCUT2D eigenvalue weighted by molar-refractivity contribution is -0.150. The van der Waals surface area contributed by atoms with Crippen LogP contribution in [-0.2, 0) is 19.9 Å². The van der Waals surface area contributed by atoms with E-state index in [0.29, 0.717) is 34.9 Å². The van der Waals surface area contributed by atoms with E-state index in [1.807, 2.05) is 0 Å². The lowest BCUT2D eigenvalue weighted by atomic mass is 9.74. The van der Waals surface area contributed by atoms with Crippen molar-refractivity contribution in [3.05, 3.63) is 51.9 Å². The Morgan fingerprint density at radius 1 is 1.28 bits per heavy atom. The maximum atomic E-state index is 13.0. The molecule has 2 aromatic rings. The summed E-state index contributed by atoms with van der Waals surface area (Å²) in [5, 5.41) is 4.14. The first-order valence-corrected chi connectivity index (χ1v) is 9.81. The van der Waals surface area contributed by atoms with Gasteiger partial charge in [-0.1, -0.05) is 35.0 Å². The van der Waals surface area contributed by atoms with Gasteiger partial charge < -0.3 is 14.2 Å². The van der Waals surface area contributed by atoms with Crippen molar-refractivity contribution in [3.8, 4) is 0 Å². The summed E-state index contributed by atoms with van der Waals surface area (Å²) in [7, 11) is 1.55. The van der Waals surface area contributed by atoms with Crippen LogP contribution >= 0.6 is 11.6 Å². The number of hydrogen-bond donors (Lipinski definition) is 0. The van der Waals surface area contributed by atoms with Gasteiger partial charge in [-0.05, 0) is 39.2 Å². The van der Waals surface area contributed by atoms with Gasteiger partial charge in [-0.25, -0.2) is 4.79 Å². The van der Waals surface area contributed by atoms with Crippen molar-refractivity contribution in [1.29, 1.82) is 0 Å². The largest absolute Gasteiger partial charge is 0.452 e. The van der Waals surface area contributed by atoms with Crippen molar-refractivity contribution in [1.82, 2.24) is 10.1 Å². The van der Waals surface area contributed by atoms with Crippen LogP contribution in [0.5, 0.6) is 0 Å². The average molecular weight is 419 g/mol. The number of halogens is 1. The number of carbonyl (C=O) groups is 3. The Balaban J connectivity index is 1.84. The van der Waals surface area contributed by atoms with Gasteiger partial charge >= 0.3 is 5.97 Å². The maximum Gasteiger partial charge on any atom is 0.344 e. The molecule has 1 aliphatic carbocycles. The highest BCUT2D eigenvalue weighted by molar-refractivity contribution is 6.31. The molecule has 0 N–H and O–H groups in total. The zero-order chi connectivity index (χ0) is 21.2. The second-order valence-corrected chi connectivity index (χ2v) is 7.61. The predicted molar refractivity (Wildman–Crippen MR) is 106 cm³/mol. The summed E-state index contributed by atoms with van der Waals surface area (Å²) in [6.45, 7) is 2.71. The third kappa shape index (κ3) is 3.79. The fraction of sp³-hybridized carbons (Fsp3) is 0.429. The monoisotopic (exact) mass is 418 g/mol. The molecule has 7 nitrogen and oxygen atoms in total. The van der Waals surface area contributed by atoms with Crippen LogP contribution in [0.3, 0.4) is 0 Å². The molecule has 1 amide bonds. The minimum atomic E-state index is -1.16. The minimum Gasteiger partial charge on any atom is -0.452 e. The summed E-state index contributed by atoms with van der Waals surface area (Å²) in [6.07, 6.45) is 2.39. The molecular formula is C21H23ClN2O5. The third-order valence-electron chi connectivity index (χ3n) is 5.48. The molecule has 3 rings (SSSR count). The number of benzene rings is 1. The molecule has 8 heteroatoms. The van der Waals surface area contributed by atoms with Gasteiger partial charge in [-0.3, -0.25) is 9.59 Å². The van der Waals surface area contributed by atoms with Gasteiger partial charge in [0, 0.05) is 24.1 Å². The van der Waals surface area contributed by atoms with Crippen LogP contribution in [0.15, 0.2) is 28.8 Å². The third-order valence-corrected chi connectivity index (χ3v) is 5.81. The molecule has 1 aromatic heterocycles. The number of ether oxygens (including phenoxy) is 1. The molecule has 154 valence electrons. The van der Waals surface area contributed by atoms with Gasteiger partial charge in [-0.15, -0.1) is 0 Å². The maximum absolute atomic E-state index is 13.0. The topological polar surface area (TPSA) is 89.7 Å². The van der Waals surface area contributed by atoms with Crippen LogP contribution < -0.4 is 0 Å². The fourth-order valence-electron chi connectivity index (χ4n) is 3.91. The molecule has 1 aromatic carbocycles. The number of aryl methyl sites for hydroxylation is 2. The van der Waals surface area contributed by atoms with E-state index in [0.717, 1.165) is 12.8 Å². The molecule has 0 saturated heterocycles. The van der Waals surface area contributed by atoms with Crippen molar-refractivity contribution in [2.24, 2.45) is 0 Å². The zero-order valence-electron chi connectivity index (χ0n) is 16.7. The van der Waals surface area contributed by atoms with E-state index in [4.69, 9.17) is 20.9 Å². The van der Waals surface area contributed by atoms with Crippen LogP contribution in [0.2, 0.25) is 5.02 Å². The summed E-state index contributed by atoms with van der Waals surface area (Å²) < 4.78 is 10.2. The summed E-state index contributed by atoms with van der Waals surface area (Å²) in [4.78, 5) is 39.7. The van der Waals surface area contributed by atoms with Gasteiger partial charge in [0.1, 0.15) is 16.9 Å². The Labute approximate surface area is 173 Å². The Hall–Kier alpha value is -2.67. The lowest BCUT2D eigenvalue weighted by Crippen LogP contribution is -2.55. The number of rotatable bonds is 5. The van der Waals surface area contributed by atoms with Gasteiger partial charge in [0.2, 0.25) is 0 Å². The molecule has 1 atom stereocenters. The van der Waals surface area contributed by atoms with Crippen LogP contribution in [0.1, 0.15) is 53.1 Å². The average Bonchev–Trinajstić information content (AvgIpc) is 3.04. The SMILES string of the molecule is Cc1noc(C)c1C(=O)OCC(=O)N(C)[C@]1(c2ccccc2Cl)CCCCC1=O. The Morgan fingerprint density at radius 3 is 2.62 bits per heavy atom. The van der Waals surface area contributed by atoms with Crippen molar-refractivity contribution in [2.45, 2.75) is 45.1 Å². The molecule has 0 unspecified atom stereocenters. The Morgan fingerprint density at radius 2 is 2.00 bits per heavy atom. The highest BCUT2D eigenvalue weighted by atomic mass is 35.5. The summed E-state index contributed by atoms with van der Waals surface area (Å²) >= 11 is 6.40. The number of nitrogens with zero attached hydrogens (tertiary/aromatic N) is 2. The van der Waals surface area contributed by atoms with E-state index in [-0.39, 0.29) is 11.3 Å². The molecule has 0 radical (unpaired) electrons. The van der Waals surface area contributed by atoms with E-state index in [1.54, 1.807) is 45.2 Å². The van der Waals surface area contributed by atoms with Crippen LogP contribution in [0, 0.1) is 13.8 Å². The van der Waals surface area contributed by atoms with Crippen molar-refractivity contribution < 1.29 is 23.6 Å². The second-order valence-electron chi connectivity index (χ2n) is 7.20. The first-order chi connectivity index (χ1) is 13.8. The van der Waals surface area contributed by atoms with Gasteiger partial charge in [0.05, 0.1) is 5.69 Å². The fourth-order valence-corrected chi connectivity index (χ4v) is 4.21. The number of ketones is 1. The van der Waals surface area contributed by atoms with E-state index < -0.39 is 24.0 Å². The van der Waals surface area contributed by atoms with E-state index in [2.05, 4.69) is 5.16 Å². The molecule has 1 saturated carbocycles. The summed E-state index contributed by atoms with van der Waals surface area (Å²) in [5.41, 5.74) is 0.0286. The summed E-state index contributed by atoms with van der Waals surface area (Å²) in [5.74, 6) is -0.918. The van der Waals surface area contributed by atoms with Gasteiger partial charge in [0.15, 0.2) is 12.4 Å².